The van der Waals surface area contributed by atoms with Crippen molar-refractivity contribution in [3.8, 4) is 0 Å². The van der Waals surface area contributed by atoms with Gasteiger partial charge in [-0.25, -0.2) is 9.59 Å². The molecule has 0 aromatic rings. The smallest absolute Gasteiger partial charge is 0.411 e. The molecule has 2 aliphatic rings. The Morgan fingerprint density at radius 3 is 2.44 bits per heavy atom. The molecular weight excluding hydrogens is 234 g/mol. The zero-order chi connectivity index (χ0) is 13.5. The molecule has 0 aromatic carbocycles. The maximum absolute atomic E-state index is 12.0. The van der Waals surface area contributed by atoms with E-state index in [0.29, 0.717) is 12.5 Å². The first-order valence-corrected chi connectivity index (χ1v) is 6.21. The lowest BCUT2D eigenvalue weighted by Gasteiger charge is -2.27. The van der Waals surface area contributed by atoms with Crippen LogP contribution in [0.5, 0.6) is 0 Å². The average Bonchev–Trinajstić information content (AvgIpc) is 2.94. The zero-order valence-corrected chi connectivity index (χ0v) is 11.0. The summed E-state index contributed by atoms with van der Waals surface area (Å²) in [5.74, 6) is -0.532. The lowest BCUT2D eigenvalue weighted by atomic mass is 10.1. The predicted octanol–water partition coefficient (Wildman–Crippen LogP) is 2.03. The summed E-state index contributed by atoms with van der Waals surface area (Å²) in [6.45, 7) is 5.69. The Morgan fingerprint density at radius 1 is 1.39 bits per heavy atom. The van der Waals surface area contributed by atoms with Gasteiger partial charge in [-0.2, -0.15) is 0 Å². The number of carbonyl (C=O) groups is 2. The van der Waals surface area contributed by atoms with Crippen molar-refractivity contribution in [1.29, 1.82) is 0 Å². The molecule has 18 heavy (non-hydrogen) atoms. The van der Waals surface area contributed by atoms with Crippen LogP contribution < -0.4 is 0 Å². The van der Waals surface area contributed by atoms with E-state index < -0.39 is 23.7 Å². The topological polar surface area (TPSA) is 66.8 Å². The Hall–Kier alpha value is -1.52. The monoisotopic (exact) mass is 253 g/mol. The third-order valence-electron chi connectivity index (χ3n) is 3.04. The van der Waals surface area contributed by atoms with Gasteiger partial charge in [-0.1, -0.05) is 0 Å². The largest absolute Gasteiger partial charge is 0.479 e. The number of hydrogen-bond donors (Lipinski definition) is 1. The van der Waals surface area contributed by atoms with Gasteiger partial charge in [0.15, 0.2) is 6.04 Å². The Balaban J connectivity index is 2.08. The van der Waals surface area contributed by atoms with E-state index in [1.54, 1.807) is 26.8 Å². The molecule has 1 aliphatic carbocycles. The molecule has 0 aromatic heterocycles. The first-order chi connectivity index (χ1) is 8.28. The third-order valence-corrected chi connectivity index (χ3v) is 3.04. The van der Waals surface area contributed by atoms with Crippen molar-refractivity contribution in [2.45, 2.75) is 45.3 Å². The van der Waals surface area contributed by atoms with Crippen molar-refractivity contribution in [2.75, 3.05) is 6.54 Å². The van der Waals surface area contributed by atoms with Crippen molar-refractivity contribution >= 4 is 12.1 Å². The summed E-state index contributed by atoms with van der Waals surface area (Å²) in [6, 6.07) is -0.879. The number of carboxylic acid groups (broad SMARTS) is 1. The molecule has 0 saturated heterocycles. The van der Waals surface area contributed by atoms with E-state index in [4.69, 9.17) is 9.84 Å². The first-order valence-electron chi connectivity index (χ1n) is 6.21. The maximum Gasteiger partial charge on any atom is 0.411 e. The van der Waals surface area contributed by atoms with E-state index in [-0.39, 0.29) is 0 Å². The third kappa shape index (κ3) is 2.83. The van der Waals surface area contributed by atoms with Crippen LogP contribution in [0.1, 0.15) is 33.6 Å². The highest BCUT2D eigenvalue weighted by Gasteiger charge is 2.40. The molecule has 1 fully saturated rings. The van der Waals surface area contributed by atoms with Gasteiger partial charge < -0.3 is 9.84 Å². The van der Waals surface area contributed by atoms with Crippen LogP contribution in [0.25, 0.3) is 0 Å². The molecule has 0 bridgehead atoms. The molecule has 1 N–H and O–H groups in total. The van der Waals surface area contributed by atoms with Gasteiger partial charge in [0, 0.05) is 6.54 Å². The molecular formula is C13H19NO4. The second kappa shape index (κ2) is 4.30. The van der Waals surface area contributed by atoms with Crippen LogP contribution in [0.4, 0.5) is 4.79 Å². The van der Waals surface area contributed by atoms with Gasteiger partial charge in [0.25, 0.3) is 0 Å². The van der Waals surface area contributed by atoms with E-state index in [9.17, 15) is 9.59 Å². The van der Waals surface area contributed by atoms with Crippen molar-refractivity contribution < 1.29 is 19.4 Å². The quantitative estimate of drug-likeness (QED) is 0.765. The van der Waals surface area contributed by atoms with Crippen LogP contribution >= 0.6 is 0 Å². The summed E-state index contributed by atoms with van der Waals surface area (Å²) in [7, 11) is 0. The first kappa shape index (κ1) is 12.9. The molecule has 2 rings (SSSR count). The molecule has 0 radical (unpaired) electrons. The summed E-state index contributed by atoms with van der Waals surface area (Å²) in [5.41, 5.74) is 0.455. The normalized spacial score (nSPS) is 23.8. The lowest BCUT2D eigenvalue weighted by molar-refractivity contribution is -0.140. The number of ether oxygens (including phenoxy) is 1. The molecule has 0 spiro atoms. The van der Waals surface area contributed by atoms with E-state index >= 15 is 0 Å². The molecule has 1 unspecified atom stereocenters. The second-order valence-electron chi connectivity index (χ2n) is 5.91. The summed E-state index contributed by atoms with van der Waals surface area (Å²) >= 11 is 0. The number of amides is 1. The van der Waals surface area contributed by atoms with E-state index in [1.165, 1.54) is 4.90 Å². The number of aliphatic carboxylic acids is 1. The summed E-state index contributed by atoms with van der Waals surface area (Å²) in [6.07, 6.45) is 3.34. The highest BCUT2D eigenvalue weighted by atomic mass is 16.6. The van der Waals surface area contributed by atoms with E-state index in [0.717, 1.165) is 18.4 Å². The SMILES string of the molecule is CC(C)(C)OC(=O)N1CC(C2CC2)=CC1C(=O)O. The Labute approximate surface area is 106 Å². The van der Waals surface area contributed by atoms with Crippen LogP contribution in [0.15, 0.2) is 11.6 Å². The molecule has 5 nitrogen and oxygen atoms in total. The van der Waals surface area contributed by atoms with Gasteiger partial charge in [0.1, 0.15) is 5.60 Å². The minimum absolute atomic E-state index is 0.385. The number of hydrogen-bond acceptors (Lipinski definition) is 3. The molecule has 1 atom stereocenters. The molecule has 1 saturated carbocycles. The van der Waals surface area contributed by atoms with Crippen LogP contribution in [-0.2, 0) is 9.53 Å². The van der Waals surface area contributed by atoms with Gasteiger partial charge in [0.05, 0.1) is 0 Å². The van der Waals surface area contributed by atoms with Gasteiger partial charge in [0.2, 0.25) is 0 Å². The van der Waals surface area contributed by atoms with Crippen molar-refractivity contribution in [1.82, 2.24) is 4.90 Å². The van der Waals surface area contributed by atoms with Crippen LogP contribution in [0, 0.1) is 5.92 Å². The predicted molar refractivity (Wildman–Crippen MR) is 65.2 cm³/mol. The Bertz CT molecular complexity index is 404. The molecule has 1 aliphatic heterocycles. The van der Waals surface area contributed by atoms with Crippen molar-refractivity contribution in [3.63, 3.8) is 0 Å². The molecule has 1 heterocycles. The van der Waals surface area contributed by atoms with E-state index in [1.807, 2.05) is 0 Å². The maximum atomic E-state index is 12.0. The van der Waals surface area contributed by atoms with Gasteiger partial charge >= 0.3 is 12.1 Å². The molecule has 1 amide bonds. The van der Waals surface area contributed by atoms with Gasteiger partial charge in [-0.3, -0.25) is 4.90 Å². The summed E-state index contributed by atoms with van der Waals surface area (Å²) in [4.78, 5) is 24.4. The van der Waals surface area contributed by atoms with Gasteiger partial charge in [-0.15, -0.1) is 0 Å². The fourth-order valence-corrected chi connectivity index (χ4v) is 2.06. The average molecular weight is 253 g/mol. The highest BCUT2D eigenvalue weighted by molar-refractivity contribution is 5.83. The Morgan fingerprint density at radius 2 is 2.00 bits per heavy atom. The molecule has 100 valence electrons. The van der Waals surface area contributed by atoms with E-state index in [2.05, 4.69) is 0 Å². The van der Waals surface area contributed by atoms with Gasteiger partial charge in [-0.05, 0) is 51.2 Å². The van der Waals surface area contributed by atoms with Crippen LogP contribution in [-0.4, -0.2) is 40.3 Å². The fourth-order valence-electron chi connectivity index (χ4n) is 2.06. The highest BCUT2D eigenvalue weighted by Crippen LogP contribution is 2.39. The fraction of sp³-hybridized carbons (Fsp3) is 0.692. The molecule has 5 heteroatoms. The van der Waals surface area contributed by atoms with Crippen molar-refractivity contribution in [2.24, 2.45) is 5.92 Å². The Kier molecular flexibility index (Phi) is 3.09. The standard InChI is InChI=1S/C13H19NO4/c1-13(2,3)18-12(17)14-7-9(8-4-5-8)6-10(14)11(15)16/h6,8,10H,4-5,7H2,1-3H3,(H,15,16). The summed E-state index contributed by atoms with van der Waals surface area (Å²) < 4.78 is 5.24. The number of carbonyl (C=O) groups excluding carboxylic acids is 1. The second-order valence-corrected chi connectivity index (χ2v) is 5.91. The summed E-state index contributed by atoms with van der Waals surface area (Å²) in [5, 5.41) is 9.16. The number of carboxylic acids is 1. The zero-order valence-electron chi connectivity index (χ0n) is 11.0. The van der Waals surface area contributed by atoms with Crippen LogP contribution in [0.2, 0.25) is 0 Å². The minimum Gasteiger partial charge on any atom is -0.479 e. The van der Waals surface area contributed by atoms with Crippen molar-refractivity contribution in [3.05, 3.63) is 11.6 Å². The lowest BCUT2D eigenvalue weighted by Crippen LogP contribution is -2.43. The minimum atomic E-state index is -1.00. The number of rotatable bonds is 2. The van der Waals surface area contributed by atoms with Crippen LogP contribution in [0.3, 0.4) is 0 Å². The number of nitrogens with zero attached hydrogens (tertiary/aromatic N) is 1.